The van der Waals surface area contributed by atoms with E-state index in [1.165, 1.54) is 6.07 Å². The van der Waals surface area contributed by atoms with Crippen LogP contribution in [0.2, 0.25) is 5.02 Å². The molecule has 5 heteroatoms. The third-order valence-electron chi connectivity index (χ3n) is 3.02. The summed E-state index contributed by atoms with van der Waals surface area (Å²) in [4.78, 5) is 0. The van der Waals surface area contributed by atoms with E-state index in [2.05, 4.69) is 10.4 Å². The van der Waals surface area contributed by atoms with E-state index in [0.717, 1.165) is 17.9 Å². The van der Waals surface area contributed by atoms with Crippen LogP contribution in [0.15, 0.2) is 24.3 Å². The van der Waals surface area contributed by atoms with Gasteiger partial charge in [-0.15, -0.1) is 0 Å². The zero-order valence-corrected chi connectivity index (χ0v) is 11.8. The maximum Gasteiger partial charge on any atom is 0.127 e. The summed E-state index contributed by atoms with van der Waals surface area (Å²) < 4.78 is 15.3. The number of rotatable bonds is 5. The highest BCUT2D eigenvalue weighted by molar-refractivity contribution is 6.31. The van der Waals surface area contributed by atoms with Crippen molar-refractivity contribution in [2.24, 2.45) is 0 Å². The molecule has 0 aliphatic carbocycles. The van der Waals surface area contributed by atoms with Gasteiger partial charge >= 0.3 is 0 Å². The zero-order chi connectivity index (χ0) is 13.8. The Balaban J connectivity index is 2.02. The van der Waals surface area contributed by atoms with Gasteiger partial charge in [-0.05, 0) is 19.9 Å². The van der Waals surface area contributed by atoms with E-state index in [-0.39, 0.29) is 5.82 Å². The lowest BCUT2D eigenvalue weighted by atomic mass is 10.2. The summed E-state index contributed by atoms with van der Waals surface area (Å²) in [5.74, 6) is -0.193. The minimum atomic E-state index is -0.193. The molecule has 1 N–H and O–H groups in total. The van der Waals surface area contributed by atoms with Gasteiger partial charge in [-0.2, -0.15) is 5.10 Å². The van der Waals surface area contributed by atoms with Crippen LogP contribution in [-0.2, 0) is 19.6 Å². The first-order valence-electron chi connectivity index (χ1n) is 6.29. The number of nitrogens with zero attached hydrogens (tertiary/aromatic N) is 2. The van der Waals surface area contributed by atoms with Crippen molar-refractivity contribution in [1.29, 1.82) is 0 Å². The van der Waals surface area contributed by atoms with E-state index >= 15 is 0 Å². The Morgan fingerprint density at radius 3 is 2.74 bits per heavy atom. The van der Waals surface area contributed by atoms with Crippen molar-refractivity contribution < 1.29 is 4.39 Å². The van der Waals surface area contributed by atoms with E-state index in [9.17, 15) is 4.39 Å². The van der Waals surface area contributed by atoms with Crippen molar-refractivity contribution in [3.63, 3.8) is 0 Å². The second kappa shape index (κ2) is 6.17. The van der Waals surface area contributed by atoms with Crippen LogP contribution in [0.4, 0.5) is 4.39 Å². The molecule has 0 saturated carbocycles. The average Bonchev–Trinajstić information content (AvgIpc) is 2.68. The number of aromatic nitrogens is 2. The molecule has 1 heterocycles. The van der Waals surface area contributed by atoms with Crippen LogP contribution < -0.4 is 5.32 Å². The molecular formula is C14H17ClFN3. The predicted molar refractivity (Wildman–Crippen MR) is 74.6 cm³/mol. The third-order valence-corrected chi connectivity index (χ3v) is 3.51. The fraction of sp³-hybridized carbons (Fsp3) is 0.357. The summed E-state index contributed by atoms with van der Waals surface area (Å²) in [5.41, 5.74) is 2.42. The van der Waals surface area contributed by atoms with Crippen LogP contribution in [0, 0.1) is 12.7 Å². The summed E-state index contributed by atoms with van der Waals surface area (Å²) in [7, 11) is 0. The molecule has 0 atom stereocenters. The molecule has 2 rings (SSSR count). The first-order chi connectivity index (χ1) is 9.13. The van der Waals surface area contributed by atoms with E-state index in [4.69, 9.17) is 11.6 Å². The number of aryl methyl sites for hydroxylation is 2. The van der Waals surface area contributed by atoms with Crippen LogP contribution in [0.5, 0.6) is 0 Å². The first kappa shape index (κ1) is 14.0. The standard InChI is InChI=1S/C14H17ClFN3/c1-3-19-13(14(15)10(2)18-19)9-17-8-11-6-4-5-7-12(11)16/h4-7,17H,3,8-9H2,1-2H3. The van der Waals surface area contributed by atoms with Gasteiger partial charge in [0.25, 0.3) is 0 Å². The van der Waals surface area contributed by atoms with Crippen LogP contribution in [0.1, 0.15) is 23.9 Å². The molecule has 1 aromatic carbocycles. The summed E-state index contributed by atoms with van der Waals surface area (Å²) in [5, 5.41) is 8.23. The van der Waals surface area contributed by atoms with Crippen molar-refractivity contribution in [3.8, 4) is 0 Å². The Bertz CT molecular complexity index is 566. The molecule has 0 fully saturated rings. The lowest BCUT2D eigenvalue weighted by Crippen LogP contribution is -2.17. The molecule has 0 unspecified atom stereocenters. The highest BCUT2D eigenvalue weighted by Crippen LogP contribution is 2.20. The maximum atomic E-state index is 13.5. The minimum absolute atomic E-state index is 0.193. The molecule has 0 saturated heterocycles. The number of benzene rings is 1. The highest BCUT2D eigenvalue weighted by Gasteiger charge is 2.12. The van der Waals surface area contributed by atoms with Gasteiger partial charge in [0.15, 0.2) is 0 Å². The molecule has 0 amide bonds. The van der Waals surface area contributed by atoms with Gasteiger partial charge in [0.05, 0.1) is 16.4 Å². The van der Waals surface area contributed by atoms with E-state index in [0.29, 0.717) is 23.7 Å². The van der Waals surface area contributed by atoms with E-state index in [1.54, 1.807) is 12.1 Å². The fourth-order valence-corrected chi connectivity index (χ4v) is 2.20. The lowest BCUT2D eigenvalue weighted by Gasteiger charge is -2.08. The molecule has 0 bridgehead atoms. The van der Waals surface area contributed by atoms with Gasteiger partial charge in [0.1, 0.15) is 5.82 Å². The van der Waals surface area contributed by atoms with Gasteiger partial charge in [-0.25, -0.2) is 4.39 Å². The molecule has 0 aliphatic rings. The van der Waals surface area contributed by atoms with Gasteiger partial charge in [-0.1, -0.05) is 29.8 Å². The van der Waals surface area contributed by atoms with Crippen LogP contribution in [0.3, 0.4) is 0 Å². The topological polar surface area (TPSA) is 29.9 Å². The maximum absolute atomic E-state index is 13.5. The number of hydrogen-bond acceptors (Lipinski definition) is 2. The summed E-state index contributed by atoms with van der Waals surface area (Å²) >= 11 is 6.21. The van der Waals surface area contributed by atoms with Crippen molar-refractivity contribution >= 4 is 11.6 Å². The molecule has 102 valence electrons. The molecule has 1 aromatic heterocycles. The Hall–Kier alpha value is -1.39. The van der Waals surface area contributed by atoms with Crippen molar-refractivity contribution in [2.75, 3.05) is 0 Å². The molecule has 0 spiro atoms. The van der Waals surface area contributed by atoms with Gasteiger partial charge < -0.3 is 5.32 Å². The second-order valence-corrected chi connectivity index (χ2v) is 4.73. The minimum Gasteiger partial charge on any atom is -0.307 e. The van der Waals surface area contributed by atoms with Crippen molar-refractivity contribution in [1.82, 2.24) is 15.1 Å². The quantitative estimate of drug-likeness (QED) is 0.911. The zero-order valence-electron chi connectivity index (χ0n) is 11.1. The van der Waals surface area contributed by atoms with Crippen LogP contribution >= 0.6 is 11.6 Å². The molecule has 3 nitrogen and oxygen atoms in total. The molecular weight excluding hydrogens is 265 g/mol. The Labute approximate surface area is 117 Å². The van der Waals surface area contributed by atoms with Gasteiger partial charge in [0.2, 0.25) is 0 Å². The summed E-state index contributed by atoms with van der Waals surface area (Å²) in [6.45, 7) is 5.71. The number of hydrogen-bond donors (Lipinski definition) is 1. The average molecular weight is 282 g/mol. The SMILES string of the molecule is CCn1nc(C)c(Cl)c1CNCc1ccccc1F. The monoisotopic (exact) mass is 281 g/mol. The fourth-order valence-electron chi connectivity index (χ4n) is 2.00. The Morgan fingerprint density at radius 2 is 2.05 bits per heavy atom. The Kier molecular flexibility index (Phi) is 4.56. The molecule has 0 radical (unpaired) electrons. The predicted octanol–water partition coefficient (Wildman–Crippen LogP) is 3.29. The lowest BCUT2D eigenvalue weighted by molar-refractivity contribution is 0.560. The first-order valence-corrected chi connectivity index (χ1v) is 6.67. The Morgan fingerprint density at radius 1 is 1.32 bits per heavy atom. The summed E-state index contributed by atoms with van der Waals surface area (Å²) in [6.07, 6.45) is 0. The highest BCUT2D eigenvalue weighted by atomic mass is 35.5. The van der Waals surface area contributed by atoms with Crippen molar-refractivity contribution in [3.05, 3.63) is 52.1 Å². The molecule has 2 aromatic rings. The van der Waals surface area contributed by atoms with Crippen molar-refractivity contribution in [2.45, 2.75) is 33.5 Å². The van der Waals surface area contributed by atoms with Crippen LogP contribution in [0.25, 0.3) is 0 Å². The largest absolute Gasteiger partial charge is 0.307 e. The smallest absolute Gasteiger partial charge is 0.127 e. The number of halogens is 2. The molecule has 19 heavy (non-hydrogen) atoms. The van der Waals surface area contributed by atoms with E-state index in [1.807, 2.05) is 24.6 Å². The van der Waals surface area contributed by atoms with Crippen LogP contribution in [-0.4, -0.2) is 9.78 Å². The number of nitrogens with one attached hydrogen (secondary N) is 1. The van der Waals surface area contributed by atoms with E-state index < -0.39 is 0 Å². The van der Waals surface area contributed by atoms with Gasteiger partial charge in [-0.3, -0.25) is 4.68 Å². The second-order valence-electron chi connectivity index (χ2n) is 4.36. The summed E-state index contributed by atoms with van der Waals surface area (Å²) in [6, 6.07) is 6.75. The molecule has 0 aliphatic heterocycles. The third kappa shape index (κ3) is 3.14. The normalized spacial score (nSPS) is 10.9. The van der Waals surface area contributed by atoms with Gasteiger partial charge in [0, 0.05) is 25.2 Å².